The molecule has 1 amide bonds. The van der Waals surface area contributed by atoms with Crippen LogP contribution in [0.5, 0.6) is 11.5 Å². The fourth-order valence-electron chi connectivity index (χ4n) is 4.03. The van der Waals surface area contributed by atoms with Crippen molar-refractivity contribution in [3.8, 4) is 28.7 Å². The molecule has 1 aliphatic heterocycles. The van der Waals surface area contributed by atoms with E-state index in [1.807, 2.05) is 26.8 Å². The number of aromatic nitrogens is 1. The molecule has 7 heteroatoms. The van der Waals surface area contributed by atoms with Crippen molar-refractivity contribution in [1.82, 2.24) is 9.88 Å². The van der Waals surface area contributed by atoms with Gasteiger partial charge < -0.3 is 14.6 Å². The summed E-state index contributed by atoms with van der Waals surface area (Å²) in [6.07, 6.45) is 3.14. The quantitative estimate of drug-likeness (QED) is 0.696. The third-order valence-corrected chi connectivity index (χ3v) is 5.25. The zero-order valence-corrected chi connectivity index (χ0v) is 18.7. The summed E-state index contributed by atoms with van der Waals surface area (Å²) in [5.74, 6) is 1.32. The number of nitriles is 1. The van der Waals surface area contributed by atoms with Crippen molar-refractivity contribution in [2.75, 3.05) is 6.61 Å². The Morgan fingerprint density at radius 2 is 2.10 bits per heavy atom. The standard InChI is InChI=1S/C24H29N3O4/c1-15(2)8-18(27(23(28)29)24(3,4)5)14-31-21-10-22-20(9-16(21)11-25)19-6-7-26-12-17(19)13-30-22/h6-7,9-10,12,15,18H,8,13-14H2,1-5H3,(H,28,29). The second kappa shape index (κ2) is 8.84. The van der Waals surface area contributed by atoms with Gasteiger partial charge in [0.2, 0.25) is 0 Å². The monoisotopic (exact) mass is 423 g/mol. The maximum atomic E-state index is 12.0. The van der Waals surface area contributed by atoms with Crippen LogP contribution in [0.3, 0.4) is 0 Å². The molecule has 1 aliphatic rings. The number of hydrogen-bond donors (Lipinski definition) is 1. The fourth-order valence-corrected chi connectivity index (χ4v) is 4.03. The summed E-state index contributed by atoms with van der Waals surface area (Å²) in [5.41, 5.74) is 2.58. The molecule has 1 unspecified atom stereocenters. The lowest BCUT2D eigenvalue weighted by atomic mass is 9.96. The Hall–Kier alpha value is -3.27. The SMILES string of the molecule is CC(C)CC(COc1cc2c(cc1C#N)-c1ccncc1CO2)N(C(=O)O)C(C)(C)C. The van der Waals surface area contributed by atoms with E-state index in [1.54, 1.807) is 24.5 Å². The summed E-state index contributed by atoms with van der Waals surface area (Å²) in [6, 6.07) is 7.24. The molecule has 1 N–H and O–H groups in total. The average molecular weight is 424 g/mol. The van der Waals surface area contributed by atoms with Gasteiger partial charge in [0.15, 0.2) is 0 Å². The van der Waals surface area contributed by atoms with Gasteiger partial charge in [0.25, 0.3) is 0 Å². The predicted octanol–water partition coefficient (Wildman–Crippen LogP) is 5.08. The molecule has 1 aromatic carbocycles. The van der Waals surface area contributed by atoms with Crippen LogP contribution in [0.2, 0.25) is 0 Å². The van der Waals surface area contributed by atoms with Crippen LogP contribution in [-0.2, 0) is 6.61 Å². The summed E-state index contributed by atoms with van der Waals surface area (Å²) >= 11 is 0. The Balaban J connectivity index is 1.91. The first-order valence-corrected chi connectivity index (χ1v) is 10.4. The Kier molecular flexibility index (Phi) is 6.40. The maximum Gasteiger partial charge on any atom is 0.408 e. The highest BCUT2D eigenvalue weighted by Crippen LogP contribution is 2.41. The number of hydrogen-bond acceptors (Lipinski definition) is 5. The summed E-state index contributed by atoms with van der Waals surface area (Å²) in [5, 5.41) is 19.6. The molecule has 7 nitrogen and oxygen atoms in total. The minimum absolute atomic E-state index is 0.149. The number of rotatable bonds is 6. The van der Waals surface area contributed by atoms with Crippen LogP contribution in [0.25, 0.3) is 11.1 Å². The van der Waals surface area contributed by atoms with Crippen LogP contribution in [0.1, 0.15) is 52.2 Å². The van der Waals surface area contributed by atoms with E-state index >= 15 is 0 Å². The smallest absolute Gasteiger partial charge is 0.408 e. The van der Waals surface area contributed by atoms with Gasteiger partial charge in [-0.25, -0.2) is 4.79 Å². The maximum absolute atomic E-state index is 12.0. The second-order valence-corrected chi connectivity index (χ2v) is 9.20. The van der Waals surface area contributed by atoms with Crippen molar-refractivity contribution in [2.24, 2.45) is 5.92 Å². The molecule has 0 saturated carbocycles. The van der Waals surface area contributed by atoms with E-state index < -0.39 is 11.6 Å². The van der Waals surface area contributed by atoms with Gasteiger partial charge in [0.1, 0.15) is 30.8 Å². The van der Waals surface area contributed by atoms with Gasteiger partial charge in [0.05, 0.1) is 11.6 Å². The van der Waals surface area contributed by atoms with Crippen molar-refractivity contribution in [2.45, 2.75) is 59.2 Å². The van der Waals surface area contributed by atoms with Crippen LogP contribution in [0.15, 0.2) is 30.6 Å². The zero-order chi connectivity index (χ0) is 22.8. The molecule has 0 aliphatic carbocycles. The molecule has 2 heterocycles. The largest absolute Gasteiger partial charge is 0.490 e. The van der Waals surface area contributed by atoms with Gasteiger partial charge in [-0.2, -0.15) is 5.26 Å². The molecule has 3 rings (SSSR count). The lowest BCUT2D eigenvalue weighted by Crippen LogP contribution is -2.53. The highest BCUT2D eigenvalue weighted by Gasteiger charge is 2.34. The normalized spacial score (nSPS) is 13.5. The number of nitrogens with zero attached hydrogens (tertiary/aromatic N) is 3. The molecule has 0 fully saturated rings. The lowest BCUT2D eigenvalue weighted by molar-refractivity contribution is 0.0433. The molecule has 0 saturated heterocycles. The topological polar surface area (TPSA) is 95.7 Å². The van der Waals surface area contributed by atoms with E-state index in [2.05, 4.69) is 24.9 Å². The predicted molar refractivity (Wildman–Crippen MR) is 117 cm³/mol. The third kappa shape index (κ3) is 4.91. The number of carboxylic acid groups (broad SMARTS) is 1. The molecule has 1 aromatic heterocycles. The molecule has 0 radical (unpaired) electrons. The van der Waals surface area contributed by atoms with Gasteiger partial charge >= 0.3 is 6.09 Å². The van der Waals surface area contributed by atoms with Gasteiger partial charge in [-0.1, -0.05) is 13.8 Å². The Morgan fingerprint density at radius 3 is 2.71 bits per heavy atom. The van der Waals surface area contributed by atoms with Crippen LogP contribution >= 0.6 is 0 Å². The van der Waals surface area contributed by atoms with Gasteiger partial charge in [-0.3, -0.25) is 9.88 Å². The summed E-state index contributed by atoms with van der Waals surface area (Å²) < 4.78 is 11.9. The Bertz CT molecular complexity index is 1000. The minimum Gasteiger partial charge on any atom is -0.490 e. The second-order valence-electron chi connectivity index (χ2n) is 9.20. The van der Waals surface area contributed by atoms with Crippen molar-refractivity contribution in [3.63, 3.8) is 0 Å². The van der Waals surface area contributed by atoms with E-state index in [1.165, 1.54) is 4.90 Å². The van der Waals surface area contributed by atoms with E-state index in [4.69, 9.17) is 9.47 Å². The van der Waals surface area contributed by atoms with Crippen molar-refractivity contribution in [3.05, 3.63) is 41.7 Å². The van der Waals surface area contributed by atoms with Crippen LogP contribution in [0.4, 0.5) is 4.79 Å². The number of carbonyl (C=O) groups is 1. The summed E-state index contributed by atoms with van der Waals surface area (Å²) in [6.45, 7) is 10.3. The molecular weight excluding hydrogens is 394 g/mol. The number of benzene rings is 1. The number of amides is 1. The van der Waals surface area contributed by atoms with E-state index in [-0.39, 0.29) is 18.6 Å². The number of fused-ring (bicyclic) bond motifs is 3. The highest BCUT2D eigenvalue weighted by molar-refractivity contribution is 5.77. The first kappa shape index (κ1) is 22.4. The zero-order valence-electron chi connectivity index (χ0n) is 18.7. The van der Waals surface area contributed by atoms with E-state index in [0.717, 1.165) is 16.7 Å². The molecular formula is C24H29N3O4. The first-order chi connectivity index (χ1) is 14.6. The molecule has 1 atom stereocenters. The summed E-state index contributed by atoms with van der Waals surface area (Å²) in [4.78, 5) is 17.6. The van der Waals surface area contributed by atoms with E-state index in [0.29, 0.717) is 30.1 Å². The lowest BCUT2D eigenvalue weighted by Gasteiger charge is -2.40. The minimum atomic E-state index is -0.985. The first-order valence-electron chi connectivity index (χ1n) is 10.4. The number of pyridine rings is 1. The average Bonchev–Trinajstić information content (AvgIpc) is 2.69. The van der Waals surface area contributed by atoms with Crippen molar-refractivity contribution in [1.29, 1.82) is 5.26 Å². The molecule has 0 bridgehead atoms. The fraction of sp³-hybridized carbons (Fsp3) is 0.458. The molecule has 0 spiro atoms. The Labute approximate surface area is 183 Å². The van der Waals surface area contributed by atoms with Crippen LogP contribution < -0.4 is 9.47 Å². The van der Waals surface area contributed by atoms with Gasteiger partial charge in [0, 0.05) is 35.1 Å². The van der Waals surface area contributed by atoms with Gasteiger partial charge in [-0.15, -0.1) is 0 Å². The summed E-state index contributed by atoms with van der Waals surface area (Å²) in [7, 11) is 0. The van der Waals surface area contributed by atoms with Crippen LogP contribution in [-0.4, -0.2) is 39.3 Å². The Morgan fingerprint density at radius 1 is 1.35 bits per heavy atom. The highest BCUT2D eigenvalue weighted by atomic mass is 16.5. The van der Waals surface area contributed by atoms with Crippen molar-refractivity contribution < 1.29 is 19.4 Å². The van der Waals surface area contributed by atoms with Crippen LogP contribution in [0, 0.1) is 17.2 Å². The van der Waals surface area contributed by atoms with Crippen molar-refractivity contribution >= 4 is 6.09 Å². The van der Waals surface area contributed by atoms with Gasteiger partial charge in [-0.05, 0) is 50.8 Å². The van der Waals surface area contributed by atoms with E-state index in [9.17, 15) is 15.2 Å². The molecule has 2 aromatic rings. The third-order valence-electron chi connectivity index (χ3n) is 5.25. The molecule has 164 valence electrons. The number of ether oxygens (including phenoxy) is 2. The molecule has 31 heavy (non-hydrogen) atoms.